The number of aryl methyl sites for hydroxylation is 4. The van der Waals surface area contributed by atoms with Gasteiger partial charge in [0.2, 0.25) is 0 Å². The Morgan fingerprint density at radius 1 is 0.327 bits per heavy atom. The van der Waals surface area contributed by atoms with Crippen LogP contribution >= 0.6 is 0 Å². The molecule has 0 heterocycles. The highest BCUT2D eigenvalue weighted by Crippen LogP contribution is 2.54. The Labute approximate surface area is 298 Å². The predicted octanol–water partition coefficient (Wildman–Crippen LogP) is 9.28. The molecule has 0 spiro atoms. The Morgan fingerprint density at radius 3 is 0.692 bits per heavy atom. The van der Waals surface area contributed by atoms with Gasteiger partial charge in [0.15, 0.2) is 0 Å². The molecule has 2 aliphatic carbocycles. The number of carboxylic acids is 4. The zero-order chi connectivity index (χ0) is 36.3. The van der Waals surface area contributed by atoms with Crippen molar-refractivity contribution < 1.29 is 39.6 Å². The smallest absolute Gasteiger partial charge is 0.335 e. The molecule has 8 rings (SSSR count). The molecule has 0 fully saturated rings. The molecule has 0 aromatic heterocycles. The zero-order valence-electron chi connectivity index (χ0n) is 27.9. The first-order chi connectivity index (χ1) is 25.1. The maximum absolute atomic E-state index is 11.8. The lowest BCUT2D eigenvalue weighted by atomic mass is 9.69. The Hall–Kier alpha value is -6.54. The summed E-state index contributed by atoms with van der Waals surface area (Å²) in [6.07, 6.45) is 4.73. The summed E-state index contributed by atoms with van der Waals surface area (Å²) in [5, 5.41) is 41.1. The Kier molecular flexibility index (Phi) is 7.95. The van der Waals surface area contributed by atoms with Crippen molar-refractivity contribution in [3.8, 4) is 44.5 Å². The molecule has 6 aromatic carbocycles. The van der Waals surface area contributed by atoms with Gasteiger partial charge >= 0.3 is 23.9 Å². The number of hydrogen-bond acceptors (Lipinski definition) is 4. The van der Waals surface area contributed by atoms with Crippen LogP contribution in [-0.2, 0) is 25.7 Å². The fourth-order valence-electron chi connectivity index (χ4n) is 8.35. The third-order valence-electron chi connectivity index (χ3n) is 10.6. The SMILES string of the molecule is O=C(O)c1ccc(-c2c(-c3ccc(C(=O)O)cc3)c3c4c(c(-c5ccc(C(=O)O)cc5)c(-c5ccc(C(=O)O)cc5)c5c4c2CCC5)CCC3)cc1. The van der Waals surface area contributed by atoms with Crippen LogP contribution in [0.2, 0.25) is 0 Å². The maximum atomic E-state index is 11.8. The molecule has 2 aliphatic rings. The Bertz CT molecular complexity index is 2130. The summed E-state index contributed by atoms with van der Waals surface area (Å²) >= 11 is 0. The average molecular weight is 689 g/mol. The van der Waals surface area contributed by atoms with Gasteiger partial charge in [0, 0.05) is 0 Å². The molecule has 0 bridgehead atoms. The van der Waals surface area contributed by atoms with Gasteiger partial charge in [0.25, 0.3) is 0 Å². The van der Waals surface area contributed by atoms with E-state index in [0.717, 1.165) is 116 Å². The van der Waals surface area contributed by atoms with Gasteiger partial charge in [-0.1, -0.05) is 48.5 Å². The van der Waals surface area contributed by atoms with Crippen LogP contribution in [0.15, 0.2) is 97.1 Å². The van der Waals surface area contributed by atoms with Crippen molar-refractivity contribution in [2.24, 2.45) is 0 Å². The quantitative estimate of drug-likeness (QED) is 0.124. The van der Waals surface area contributed by atoms with E-state index < -0.39 is 23.9 Å². The second-order valence-corrected chi connectivity index (χ2v) is 13.4. The van der Waals surface area contributed by atoms with E-state index in [1.54, 1.807) is 48.5 Å². The van der Waals surface area contributed by atoms with E-state index in [4.69, 9.17) is 0 Å². The first-order valence-electron chi connectivity index (χ1n) is 17.2. The van der Waals surface area contributed by atoms with Gasteiger partial charge in [0.05, 0.1) is 22.3 Å². The van der Waals surface area contributed by atoms with Crippen molar-refractivity contribution in [3.05, 3.63) is 142 Å². The highest BCUT2D eigenvalue weighted by molar-refractivity contribution is 6.13. The summed E-state index contributed by atoms with van der Waals surface area (Å²) < 4.78 is 0. The molecule has 4 N–H and O–H groups in total. The van der Waals surface area contributed by atoms with Gasteiger partial charge in [-0.05, 0) is 165 Å². The first kappa shape index (κ1) is 32.7. The van der Waals surface area contributed by atoms with Crippen molar-refractivity contribution >= 4 is 34.6 Å². The molecule has 0 atom stereocenters. The molecule has 0 aliphatic heterocycles. The third kappa shape index (κ3) is 5.31. The summed E-state index contributed by atoms with van der Waals surface area (Å²) in [4.78, 5) is 47.4. The zero-order valence-corrected chi connectivity index (χ0v) is 27.9. The number of hydrogen-bond donors (Lipinski definition) is 4. The number of benzene rings is 6. The summed E-state index contributed by atoms with van der Waals surface area (Å²) in [6, 6.07) is 27.8. The van der Waals surface area contributed by atoms with Crippen molar-refractivity contribution in [1.29, 1.82) is 0 Å². The third-order valence-corrected chi connectivity index (χ3v) is 10.6. The van der Waals surface area contributed by atoms with Crippen LogP contribution in [-0.4, -0.2) is 44.3 Å². The monoisotopic (exact) mass is 688 g/mol. The molecular formula is C44H32O8. The van der Waals surface area contributed by atoms with Crippen molar-refractivity contribution in [2.75, 3.05) is 0 Å². The molecule has 256 valence electrons. The van der Waals surface area contributed by atoms with E-state index in [9.17, 15) is 39.6 Å². The summed E-state index contributed by atoms with van der Waals surface area (Å²) in [6.45, 7) is 0. The lowest BCUT2D eigenvalue weighted by Crippen LogP contribution is -2.15. The van der Waals surface area contributed by atoms with Gasteiger partial charge < -0.3 is 20.4 Å². The summed E-state index contributed by atoms with van der Waals surface area (Å²) in [5.74, 6) is -4.05. The molecule has 0 unspecified atom stereocenters. The molecular weight excluding hydrogens is 656 g/mol. The summed E-state index contributed by atoms with van der Waals surface area (Å²) in [5.41, 5.74) is 12.8. The predicted molar refractivity (Wildman–Crippen MR) is 198 cm³/mol. The van der Waals surface area contributed by atoms with E-state index in [0.29, 0.717) is 0 Å². The second-order valence-electron chi connectivity index (χ2n) is 13.4. The number of aromatic carboxylic acids is 4. The van der Waals surface area contributed by atoms with Gasteiger partial charge in [-0.3, -0.25) is 0 Å². The molecule has 52 heavy (non-hydrogen) atoms. The normalized spacial score (nSPS) is 13.2. The minimum Gasteiger partial charge on any atom is -0.478 e. The van der Waals surface area contributed by atoms with E-state index in [-0.39, 0.29) is 22.3 Å². The van der Waals surface area contributed by atoms with Gasteiger partial charge in [-0.15, -0.1) is 0 Å². The maximum Gasteiger partial charge on any atom is 0.335 e. The Morgan fingerprint density at radius 2 is 0.519 bits per heavy atom. The fraction of sp³-hybridized carbons (Fsp3) is 0.136. The molecule has 8 nitrogen and oxygen atoms in total. The van der Waals surface area contributed by atoms with E-state index in [1.807, 2.05) is 48.5 Å². The van der Waals surface area contributed by atoms with Crippen LogP contribution < -0.4 is 0 Å². The molecule has 0 saturated heterocycles. The lowest BCUT2D eigenvalue weighted by molar-refractivity contribution is 0.0686. The minimum atomic E-state index is -1.01. The van der Waals surface area contributed by atoms with Gasteiger partial charge in [-0.2, -0.15) is 0 Å². The fourth-order valence-corrected chi connectivity index (χ4v) is 8.35. The summed E-state index contributed by atoms with van der Waals surface area (Å²) in [7, 11) is 0. The molecule has 8 heteroatoms. The van der Waals surface area contributed by atoms with Crippen LogP contribution in [0.4, 0.5) is 0 Å². The van der Waals surface area contributed by atoms with Crippen molar-refractivity contribution in [1.82, 2.24) is 0 Å². The van der Waals surface area contributed by atoms with Crippen molar-refractivity contribution in [3.63, 3.8) is 0 Å². The second kappa shape index (κ2) is 12.7. The average Bonchev–Trinajstić information content (AvgIpc) is 3.16. The number of carboxylic acid groups (broad SMARTS) is 4. The van der Waals surface area contributed by atoms with E-state index in [2.05, 4.69) is 0 Å². The van der Waals surface area contributed by atoms with Crippen LogP contribution in [0.1, 0.15) is 76.5 Å². The topological polar surface area (TPSA) is 149 Å². The minimum absolute atomic E-state index is 0.181. The number of rotatable bonds is 8. The van der Waals surface area contributed by atoms with E-state index >= 15 is 0 Å². The van der Waals surface area contributed by atoms with Gasteiger partial charge in [0.1, 0.15) is 0 Å². The number of carbonyl (C=O) groups is 4. The standard InChI is InChI=1S/C44H32O8/c45-41(46)27-15-7-23(8-16-27)35-31-3-1-4-32-36(24-9-17-28(18-10-24)42(47)48)38(26-13-21-30(22-14-26)44(51)52)34-6-2-5-33(40(34)39(31)32)37(35)25-11-19-29(20-12-25)43(49)50/h7-22H,1-6H2,(H,45,46)(H,47,48)(H,49,50)(H,51,52). The molecule has 0 amide bonds. The van der Waals surface area contributed by atoms with Gasteiger partial charge in [-0.25, -0.2) is 19.2 Å². The highest BCUT2D eigenvalue weighted by Gasteiger charge is 2.33. The van der Waals surface area contributed by atoms with Crippen LogP contribution in [0, 0.1) is 0 Å². The molecule has 6 aromatic rings. The van der Waals surface area contributed by atoms with Crippen LogP contribution in [0.25, 0.3) is 55.3 Å². The van der Waals surface area contributed by atoms with E-state index in [1.165, 1.54) is 0 Å². The largest absolute Gasteiger partial charge is 0.478 e. The highest BCUT2D eigenvalue weighted by atomic mass is 16.4. The molecule has 0 saturated carbocycles. The Balaban J connectivity index is 1.54. The lowest BCUT2D eigenvalue weighted by Gasteiger charge is -2.34. The first-order valence-corrected chi connectivity index (χ1v) is 17.2. The molecule has 0 radical (unpaired) electrons. The van der Waals surface area contributed by atoms with Crippen LogP contribution in [0.3, 0.4) is 0 Å². The van der Waals surface area contributed by atoms with Crippen molar-refractivity contribution in [2.45, 2.75) is 38.5 Å². The van der Waals surface area contributed by atoms with Crippen LogP contribution in [0.5, 0.6) is 0 Å².